The molecule has 10 heteroatoms. The smallest absolute Gasteiger partial charge is 0.255 e. The van der Waals surface area contributed by atoms with E-state index in [0.717, 1.165) is 5.56 Å². The average Bonchev–Trinajstić information content (AvgIpc) is 3.41. The molecule has 0 spiro atoms. The van der Waals surface area contributed by atoms with Crippen LogP contribution in [0.2, 0.25) is 0 Å². The Morgan fingerprint density at radius 1 is 1.24 bits per heavy atom. The lowest BCUT2D eigenvalue weighted by molar-refractivity contribution is -0.136. The van der Waals surface area contributed by atoms with Crippen LogP contribution in [0, 0.1) is 6.92 Å². The van der Waals surface area contributed by atoms with Crippen LogP contribution in [0.3, 0.4) is 0 Å². The molecule has 2 aliphatic heterocycles. The zero-order valence-corrected chi connectivity index (χ0v) is 15.5. The maximum Gasteiger partial charge on any atom is 0.255 e. The maximum absolute atomic E-state index is 12.9. The monoisotopic (exact) mass is 392 g/mol. The Morgan fingerprint density at radius 3 is 2.86 bits per heavy atom. The van der Waals surface area contributed by atoms with E-state index in [1.165, 1.54) is 4.90 Å². The molecule has 10 nitrogen and oxygen atoms in total. The first-order valence-electron chi connectivity index (χ1n) is 9.13. The van der Waals surface area contributed by atoms with Gasteiger partial charge in [0, 0.05) is 31.0 Å². The van der Waals surface area contributed by atoms with E-state index in [-0.39, 0.29) is 24.8 Å². The van der Waals surface area contributed by atoms with Crippen molar-refractivity contribution >= 4 is 17.7 Å². The van der Waals surface area contributed by atoms with E-state index < -0.39 is 11.9 Å². The number of imide groups is 1. The summed E-state index contributed by atoms with van der Waals surface area (Å²) in [6, 6.07) is 4.67. The van der Waals surface area contributed by atoms with Gasteiger partial charge in [0.2, 0.25) is 11.8 Å². The van der Waals surface area contributed by atoms with Gasteiger partial charge in [-0.15, -0.1) is 5.10 Å². The second-order valence-corrected chi connectivity index (χ2v) is 7.00. The van der Waals surface area contributed by atoms with E-state index in [1.807, 2.05) is 6.07 Å². The van der Waals surface area contributed by atoms with Crippen LogP contribution in [0.5, 0.6) is 0 Å². The van der Waals surface area contributed by atoms with Gasteiger partial charge in [0.05, 0.1) is 18.1 Å². The molecule has 1 N–H and O–H groups in total. The van der Waals surface area contributed by atoms with Crippen molar-refractivity contribution in [3.8, 4) is 17.1 Å². The van der Waals surface area contributed by atoms with Gasteiger partial charge in [-0.2, -0.15) is 0 Å². The highest BCUT2D eigenvalue weighted by atomic mass is 16.4. The highest BCUT2D eigenvalue weighted by molar-refractivity contribution is 6.05. The van der Waals surface area contributed by atoms with Crippen molar-refractivity contribution < 1.29 is 18.8 Å². The highest BCUT2D eigenvalue weighted by Crippen LogP contribution is 2.31. The number of carbonyl (C=O) groups excluding carboxylic acids is 3. The fourth-order valence-electron chi connectivity index (χ4n) is 3.76. The number of amides is 3. The maximum atomic E-state index is 12.9. The summed E-state index contributed by atoms with van der Waals surface area (Å²) in [5.41, 5.74) is 2.49. The van der Waals surface area contributed by atoms with Crippen molar-refractivity contribution in [3.05, 3.63) is 47.6 Å². The number of nitrogens with one attached hydrogen (secondary N) is 1. The number of benzene rings is 1. The number of aromatic nitrogens is 4. The molecular formula is C19H16N6O4. The highest BCUT2D eigenvalue weighted by Gasteiger charge is 2.40. The molecule has 1 aromatic carbocycles. The van der Waals surface area contributed by atoms with Crippen molar-refractivity contribution in [2.24, 2.45) is 0 Å². The number of hydrogen-bond acceptors (Lipinski definition) is 7. The molecule has 1 atom stereocenters. The van der Waals surface area contributed by atoms with Crippen LogP contribution in [0.1, 0.15) is 34.7 Å². The van der Waals surface area contributed by atoms with Crippen LogP contribution >= 0.6 is 0 Å². The molecule has 3 amide bonds. The zero-order valence-electron chi connectivity index (χ0n) is 15.5. The lowest BCUT2D eigenvalue weighted by Crippen LogP contribution is -2.52. The van der Waals surface area contributed by atoms with Gasteiger partial charge in [0.25, 0.3) is 5.91 Å². The first-order chi connectivity index (χ1) is 14.0. The third kappa shape index (κ3) is 2.80. The van der Waals surface area contributed by atoms with Crippen LogP contribution in [-0.4, -0.2) is 48.6 Å². The van der Waals surface area contributed by atoms with Crippen LogP contribution in [0.25, 0.3) is 17.1 Å². The fraction of sp³-hybridized carbons (Fsp3) is 0.263. The van der Waals surface area contributed by atoms with Crippen molar-refractivity contribution in [3.63, 3.8) is 0 Å². The Kier molecular flexibility index (Phi) is 3.79. The second-order valence-electron chi connectivity index (χ2n) is 7.00. The van der Waals surface area contributed by atoms with Crippen LogP contribution < -0.4 is 5.32 Å². The second kappa shape index (κ2) is 6.36. The Labute approximate surface area is 164 Å². The van der Waals surface area contributed by atoms with Crippen molar-refractivity contribution in [2.45, 2.75) is 32.4 Å². The number of hydrogen-bond donors (Lipinski definition) is 1. The quantitative estimate of drug-likeness (QED) is 0.659. The molecule has 146 valence electrons. The SMILES string of the molecule is Cc1ncc(-c2cn(-c3cccc4c3CN(C3CCC(=O)NC3=O)C4=O)nn2)o1. The summed E-state index contributed by atoms with van der Waals surface area (Å²) in [6.07, 6.45) is 3.81. The number of fused-ring (bicyclic) bond motifs is 1. The molecule has 2 aromatic heterocycles. The first-order valence-corrected chi connectivity index (χ1v) is 9.13. The molecule has 5 rings (SSSR count). The molecule has 29 heavy (non-hydrogen) atoms. The minimum absolute atomic E-state index is 0.215. The Balaban J connectivity index is 1.48. The van der Waals surface area contributed by atoms with E-state index >= 15 is 0 Å². The number of carbonyl (C=O) groups is 3. The third-order valence-electron chi connectivity index (χ3n) is 5.17. The van der Waals surface area contributed by atoms with E-state index in [9.17, 15) is 14.4 Å². The van der Waals surface area contributed by atoms with Crippen LogP contribution in [-0.2, 0) is 16.1 Å². The summed E-state index contributed by atoms with van der Waals surface area (Å²) in [7, 11) is 0. The van der Waals surface area contributed by atoms with Crippen molar-refractivity contribution in [2.75, 3.05) is 0 Å². The summed E-state index contributed by atoms with van der Waals surface area (Å²) < 4.78 is 7.06. The standard InChI is InChI=1S/C19H16N6O4/c1-10-20-7-16(29-10)13-9-25(23-22-13)14-4-2-3-11-12(14)8-24(19(11)28)15-5-6-17(26)21-18(15)27/h2-4,7,9,15H,5-6,8H2,1H3,(H,21,26,27). The molecule has 2 aliphatic rings. The first kappa shape index (κ1) is 17.3. The molecule has 0 aliphatic carbocycles. The third-order valence-corrected chi connectivity index (χ3v) is 5.17. The van der Waals surface area contributed by atoms with Gasteiger partial charge in [-0.05, 0) is 18.6 Å². The van der Waals surface area contributed by atoms with Crippen LogP contribution in [0.4, 0.5) is 0 Å². The van der Waals surface area contributed by atoms with Crippen molar-refractivity contribution in [1.82, 2.24) is 30.2 Å². The average molecular weight is 392 g/mol. The fourth-order valence-corrected chi connectivity index (χ4v) is 3.76. The van der Waals surface area contributed by atoms with Gasteiger partial charge >= 0.3 is 0 Å². The molecule has 1 fully saturated rings. The Morgan fingerprint density at radius 2 is 2.10 bits per heavy atom. The van der Waals surface area contributed by atoms with Crippen molar-refractivity contribution in [1.29, 1.82) is 0 Å². The molecule has 0 radical (unpaired) electrons. The predicted molar refractivity (Wildman–Crippen MR) is 97.6 cm³/mol. The van der Waals surface area contributed by atoms with Gasteiger partial charge in [-0.25, -0.2) is 9.67 Å². The molecule has 4 heterocycles. The molecule has 1 unspecified atom stereocenters. The largest absolute Gasteiger partial charge is 0.439 e. The Hall–Kier alpha value is -3.82. The van der Waals surface area contributed by atoms with E-state index in [0.29, 0.717) is 35.0 Å². The summed E-state index contributed by atoms with van der Waals surface area (Å²) in [4.78, 5) is 42.2. The van der Waals surface area contributed by atoms with Gasteiger partial charge in [0.15, 0.2) is 17.3 Å². The molecule has 0 saturated carbocycles. The molecule has 0 bridgehead atoms. The molecular weight excluding hydrogens is 376 g/mol. The topological polar surface area (TPSA) is 123 Å². The van der Waals surface area contributed by atoms with Gasteiger partial charge in [-0.1, -0.05) is 11.3 Å². The summed E-state index contributed by atoms with van der Waals surface area (Å²) in [5, 5.41) is 10.6. The lowest BCUT2D eigenvalue weighted by Gasteiger charge is -2.29. The van der Waals surface area contributed by atoms with E-state index in [4.69, 9.17) is 4.42 Å². The van der Waals surface area contributed by atoms with Crippen LogP contribution in [0.15, 0.2) is 35.0 Å². The predicted octanol–water partition coefficient (Wildman–Crippen LogP) is 0.992. The summed E-state index contributed by atoms with van der Waals surface area (Å²) in [6.45, 7) is 2.00. The molecule has 1 saturated heterocycles. The van der Waals surface area contributed by atoms with Gasteiger partial charge in [-0.3, -0.25) is 19.7 Å². The Bertz CT molecular complexity index is 1160. The van der Waals surface area contributed by atoms with Gasteiger partial charge < -0.3 is 9.32 Å². The number of rotatable bonds is 3. The normalized spacial score (nSPS) is 18.9. The van der Waals surface area contributed by atoms with Gasteiger partial charge in [0.1, 0.15) is 6.04 Å². The number of oxazole rings is 1. The molecule has 3 aromatic rings. The summed E-state index contributed by atoms with van der Waals surface area (Å²) in [5.74, 6) is 0.0485. The summed E-state index contributed by atoms with van der Waals surface area (Å²) >= 11 is 0. The minimum atomic E-state index is -0.663. The number of piperidine rings is 1. The zero-order chi connectivity index (χ0) is 20.1. The number of aryl methyl sites for hydroxylation is 1. The number of nitrogens with zero attached hydrogens (tertiary/aromatic N) is 5. The van der Waals surface area contributed by atoms with E-state index in [2.05, 4.69) is 20.6 Å². The lowest BCUT2D eigenvalue weighted by atomic mass is 10.0. The van der Waals surface area contributed by atoms with E-state index in [1.54, 1.807) is 36.1 Å². The minimum Gasteiger partial charge on any atom is -0.439 e.